The molecular formula is C10H13NO2. The number of aliphatic carboxylic acids is 1. The van der Waals surface area contributed by atoms with Gasteiger partial charge < -0.3 is 10.8 Å². The van der Waals surface area contributed by atoms with Gasteiger partial charge >= 0.3 is 5.97 Å². The predicted molar refractivity (Wildman–Crippen MR) is 51.2 cm³/mol. The third kappa shape index (κ3) is 3.25. The first kappa shape index (κ1) is 9.74. The molecule has 3 heteroatoms. The van der Waals surface area contributed by atoms with Gasteiger partial charge in [-0.05, 0) is 18.4 Å². The summed E-state index contributed by atoms with van der Waals surface area (Å²) < 4.78 is 0. The molecule has 1 aliphatic carbocycles. The van der Waals surface area contributed by atoms with Gasteiger partial charge in [0.05, 0.1) is 0 Å². The fourth-order valence-electron chi connectivity index (χ4n) is 1.10. The molecule has 0 aliphatic heterocycles. The predicted octanol–water partition coefficient (Wildman–Crippen LogP) is 1.23. The summed E-state index contributed by atoms with van der Waals surface area (Å²) in [6.45, 7) is 0. The van der Waals surface area contributed by atoms with Crippen LogP contribution >= 0.6 is 0 Å². The van der Waals surface area contributed by atoms with Crippen molar-refractivity contribution >= 4 is 5.97 Å². The Balaban J connectivity index is 2.57. The number of hydrogen-bond donors (Lipinski definition) is 2. The summed E-state index contributed by atoms with van der Waals surface area (Å²) in [5.41, 5.74) is 6.36. The largest absolute Gasteiger partial charge is 0.480 e. The summed E-state index contributed by atoms with van der Waals surface area (Å²) in [6, 6.07) is -0.803. The molecule has 3 nitrogen and oxygen atoms in total. The molecule has 1 atom stereocenters. The van der Waals surface area contributed by atoms with Gasteiger partial charge in [-0.25, -0.2) is 0 Å². The van der Waals surface area contributed by atoms with Gasteiger partial charge in [0.1, 0.15) is 6.04 Å². The van der Waals surface area contributed by atoms with Crippen molar-refractivity contribution in [2.45, 2.75) is 18.9 Å². The Hall–Kier alpha value is -1.35. The Bertz CT molecular complexity index is 277. The Morgan fingerprint density at radius 1 is 1.62 bits per heavy atom. The molecule has 0 radical (unpaired) electrons. The fourth-order valence-corrected chi connectivity index (χ4v) is 1.10. The maximum Gasteiger partial charge on any atom is 0.320 e. The molecule has 3 N–H and O–H groups in total. The number of nitrogens with two attached hydrogens (primary N) is 1. The van der Waals surface area contributed by atoms with Crippen LogP contribution in [0, 0.1) is 0 Å². The van der Waals surface area contributed by atoms with Gasteiger partial charge in [0.2, 0.25) is 0 Å². The van der Waals surface area contributed by atoms with Crippen molar-refractivity contribution in [3.63, 3.8) is 0 Å². The first-order chi connectivity index (χ1) is 6.20. The average molecular weight is 179 g/mol. The van der Waals surface area contributed by atoms with Gasteiger partial charge in [0.15, 0.2) is 0 Å². The van der Waals surface area contributed by atoms with E-state index in [1.54, 1.807) is 0 Å². The first-order valence-electron chi connectivity index (χ1n) is 4.21. The second-order valence-corrected chi connectivity index (χ2v) is 2.96. The highest BCUT2D eigenvalue weighted by molar-refractivity contribution is 5.73. The van der Waals surface area contributed by atoms with Crippen LogP contribution in [-0.4, -0.2) is 17.1 Å². The molecule has 70 valence electrons. The van der Waals surface area contributed by atoms with E-state index in [0.29, 0.717) is 6.42 Å². The zero-order valence-electron chi connectivity index (χ0n) is 7.31. The summed E-state index contributed by atoms with van der Waals surface area (Å²) in [7, 11) is 0. The van der Waals surface area contributed by atoms with Crippen molar-refractivity contribution in [1.82, 2.24) is 0 Å². The highest BCUT2D eigenvalue weighted by Crippen LogP contribution is 2.10. The fraction of sp³-hybridized carbons (Fsp3) is 0.300. The average Bonchev–Trinajstić information content (AvgIpc) is 2.32. The topological polar surface area (TPSA) is 63.3 Å². The lowest BCUT2D eigenvalue weighted by Gasteiger charge is -2.05. The van der Waals surface area contributed by atoms with E-state index in [0.717, 1.165) is 12.0 Å². The lowest BCUT2D eigenvalue weighted by molar-refractivity contribution is -0.138. The highest BCUT2D eigenvalue weighted by Gasteiger charge is 2.11. The van der Waals surface area contributed by atoms with Gasteiger partial charge in [-0.3, -0.25) is 4.79 Å². The Labute approximate surface area is 77.2 Å². The van der Waals surface area contributed by atoms with E-state index in [1.165, 1.54) is 0 Å². The monoisotopic (exact) mass is 179 g/mol. The number of carbonyl (C=O) groups is 1. The summed E-state index contributed by atoms with van der Waals surface area (Å²) in [6.07, 6.45) is 11.0. The maximum atomic E-state index is 10.5. The SMILES string of the molecule is N[C@@H](CC1=CC=CCC=C1)C(=O)O. The zero-order chi connectivity index (χ0) is 9.68. The lowest BCUT2D eigenvalue weighted by atomic mass is 10.1. The molecule has 0 bridgehead atoms. The number of allylic oxidation sites excluding steroid dienone is 5. The number of hydrogen-bond acceptors (Lipinski definition) is 2. The van der Waals surface area contributed by atoms with E-state index in [4.69, 9.17) is 10.8 Å². The highest BCUT2D eigenvalue weighted by atomic mass is 16.4. The van der Waals surface area contributed by atoms with Crippen molar-refractivity contribution in [2.24, 2.45) is 5.73 Å². The van der Waals surface area contributed by atoms with E-state index in [1.807, 2.05) is 30.4 Å². The third-order valence-corrected chi connectivity index (χ3v) is 1.82. The summed E-state index contributed by atoms with van der Waals surface area (Å²) in [4.78, 5) is 10.5. The van der Waals surface area contributed by atoms with Crippen LogP contribution in [0.3, 0.4) is 0 Å². The molecule has 0 spiro atoms. The van der Waals surface area contributed by atoms with Crippen molar-refractivity contribution < 1.29 is 9.90 Å². The van der Waals surface area contributed by atoms with Crippen LogP contribution in [-0.2, 0) is 4.79 Å². The Morgan fingerprint density at radius 2 is 2.38 bits per heavy atom. The molecule has 0 aromatic heterocycles. The minimum absolute atomic E-state index is 0.385. The molecule has 0 amide bonds. The second-order valence-electron chi connectivity index (χ2n) is 2.96. The van der Waals surface area contributed by atoms with Crippen LogP contribution in [0.2, 0.25) is 0 Å². The van der Waals surface area contributed by atoms with Gasteiger partial charge in [-0.2, -0.15) is 0 Å². The summed E-state index contributed by atoms with van der Waals surface area (Å²) >= 11 is 0. The smallest absolute Gasteiger partial charge is 0.320 e. The van der Waals surface area contributed by atoms with E-state index in [2.05, 4.69) is 0 Å². The van der Waals surface area contributed by atoms with Crippen molar-refractivity contribution in [1.29, 1.82) is 0 Å². The summed E-state index contributed by atoms with van der Waals surface area (Å²) in [5, 5.41) is 8.59. The maximum absolute atomic E-state index is 10.5. The number of rotatable bonds is 3. The van der Waals surface area contributed by atoms with Gasteiger partial charge in [0, 0.05) is 0 Å². The minimum atomic E-state index is -0.956. The van der Waals surface area contributed by atoms with Crippen LogP contribution in [0.15, 0.2) is 36.0 Å². The van der Waals surface area contributed by atoms with E-state index in [9.17, 15) is 4.79 Å². The normalized spacial score (nSPS) is 17.8. The summed E-state index contributed by atoms with van der Waals surface area (Å²) in [5.74, 6) is -0.956. The molecule has 0 aromatic rings. The van der Waals surface area contributed by atoms with Crippen molar-refractivity contribution in [3.8, 4) is 0 Å². The molecule has 0 heterocycles. The standard InChI is InChI=1S/C10H13NO2/c11-9(10(12)13)7-8-5-3-1-2-4-6-8/h1,3-6,9H,2,7,11H2,(H,12,13)/t9-/m0/s1. The molecule has 0 saturated heterocycles. The molecule has 0 unspecified atom stereocenters. The van der Waals surface area contributed by atoms with Crippen LogP contribution in [0.1, 0.15) is 12.8 Å². The molecule has 0 aromatic carbocycles. The lowest BCUT2D eigenvalue weighted by Crippen LogP contribution is -2.30. The van der Waals surface area contributed by atoms with Crippen LogP contribution in [0.5, 0.6) is 0 Å². The molecule has 0 saturated carbocycles. The van der Waals surface area contributed by atoms with Crippen LogP contribution in [0.25, 0.3) is 0 Å². The van der Waals surface area contributed by atoms with E-state index >= 15 is 0 Å². The first-order valence-corrected chi connectivity index (χ1v) is 4.21. The van der Waals surface area contributed by atoms with Gasteiger partial charge in [-0.15, -0.1) is 0 Å². The zero-order valence-corrected chi connectivity index (χ0v) is 7.31. The Kier molecular flexibility index (Phi) is 3.46. The molecule has 1 aliphatic rings. The molecule has 0 fully saturated rings. The minimum Gasteiger partial charge on any atom is -0.480 e. The van der Waals surface area contributed by atoms with Crippen molar-refractivity contribution in [2.75, 3.05) is 0 Å². The molecule has 13 heavy (non-hydrogen) atoms. The molecule has 1 rings (SSSR count). The van der Waals surface area contributed by atoms with Crippen LogP contribution < -0.4 is 5.73 Å². The van der Waals surface area contributed by atoms with Gasteiger partial charge in [-0.1, -0.05) is 30.4 Å². The van der Waals surface area contributed by atoms with Crippen molar-refractivity contribution in [3.05, 3.63) is 36.0 Å². The Morgan fingerprint density at radius 3 is 3.08 bits per heavy atom. The third-order valence-electron chi connectivity index (χ3n) is 1.82. The molecular weight excluding hydrogens is 166 g/mol. The van der Waals surface area contributed by atoms with E-state index < -0.39 is 12.0 Å². The second kappa shape index (κ2) is 4.62. The van der Waals surface area contributed by atoms with Crippen LogP contribution in [0.4, 0.5) is 0 Å². The van der Waals surface area contributed by atoms with E-state index in [-0.39, 0.29) is 0 Å². The quantitative estimate of drug-likeness (QED) is 0.685. The number of carboxylic acids is 1. The number of carboxylic acid groups (broad SMARTS) is 1. The van der Waals surface area contributed by atoms with Gasteiger partial charge in [0.25, 0.3) is 0 Å².